The van der Waals surface area contributed by atoms with Crippen LogP contribution < -0.4 is 9.83 Å². The van der Waals surface area contributed by atoms with Gasteiger partial charge in [0.2, 0.25) is 10.0 Å². The zero-order valence-electron chi connectivity index (χ0n) is 17.3. The predicted octanol–water partition coefficient (Wildman–Crippen LogP) is 2.04. The van der Waals surface area contributed by atoms with Gasteiger partial charge in [-0.3, -0.25) is 0 Å². The van der Waals surface area contributed by atoms with Crippen molar-refractivity contribution in [2.45, 2.75) is 83.6 Å². The third-order valence-electron chi connectivity index (χ3n) is 4.29. The number of likely N-dealkylation sites (N-methyl/N-ethyl adjacent to an activating group) is 1. The van der Waals surface area contributed by atoms with Crippen molar-refractivity contribution in [3.8, 4) is 0 Å². The molecule has 0 bridgehead atoms. The van der Waals surface area contributed by atoms with E-state index in [1.807, 2.05) is 21.1 Å². The number of carboxylic acid groups (broad SMARTS) is 1. The first-order chi connectivity index (χ1) is 12.1. The lowest BCUT2D eigenvalue weighted by molar-refractivity contribution is -0.871. The fourth-order valence-electron chi connectivity index (χ4n) is 3.10. The number of nitrogens with zero attached hydrogens (tertiary/aromatic N) is 1. The minimum absolute atomic E-state index is 0.0597. The van der Waals surface area contributed by atoms with Crippen LogP contribution in [0.2, 0.25) is 0 Å². The van der Waals surface area contributed by atoms with Crippen molar-refractivity contribution in [2.75, 3.05) is 33.4 Å². The van der Waals surface area contributed by atoms with E-state index < -0.39 is 22.0 Å². The fourth-order valence-corrected chi connectivity index (χ4v) is 4.47. The summed E-state index contributed by atoms with van der Waals surface area (Å²) in [6.07, 6.45) is 11.1. The van der Waals surface area contributed by atoms with E-state index in [1.165, 1.54) is 38.5 Å². The minimum atomic E-state index is -3.46. The molecular weight excluding hydrogens is 352 g/mol. The van der Waals surface area contributed by atoms with Crippen molar-refractivity contribution in [1.29, 1.82) is 0 Å². The number of carbonyl (C=O) groups is 1. The number of sulfonamides is 1. The lowest BCUT2D eigenvalue weighted by Gasteiger charge is -2.29. The van der Waals surface area contributed by atoms with Crippen LogP contribution >= 0.6 is 0 Å². The van der Waals surface area contributed by atoms with Crippen LogP contribution in [0.25, 0.3) is 0 Å². The third-order valence-corrected chi connectivity index (χ3v) is 5.81. The van der Waals surface area contributed by atoms with Gasteiger partial charge in [0.1, 0.15) is 0 Å². The van der Waals surface area contributed by atoms with Crippen molar-refractivity contribution < 1.29 is 22.8 Å². The normalized spacial score (nSPS) is 13.7. The molecule has 0 saturated carbocycles. The summed E-state index contributed by atoms with van der Waals surface area (Å²) < 4.78 is 27.5. The number of nitrogens with one attached hydrogen (secondary N) is 1. The predicted molar refractivity (Wildman–Crippen MR) is 105 cm³/mol. The number of rotatable bonds is 17. The fraction of sp³-hybridized carbons (Fsp3) is 0.947. The molecule has 0 aromatic heterocycles. The van der Waals surface area contributed by atoms with Gasteiger partial charge >= 0.3 is 0 Å². The van der Waals surface area contributed by atoms with Gasteiger partial charge in [0.25, 0.3) is 0 Å². The molecule has 0 aromatic carbocycles. The average molecular weight is 393 g/mol. The smallest absolute Gasteiger partial charge is 0.212 e. The molecule has 156 valence electrons. The second-order valence-corrected chi connectivity index (χ2v) is 10.2. The van der Waals surface area contributed by atoms with E-state index in [1.54, 1.807) is 0 Å². The Labute approximate surface area is 161 Å². The monoisotopic (exact) mass is 392 g/mol. The summed E-state index contributed by atoms with van der Waals surface area (Å²) in [6.45, 7) is 2.62. The van der Waals surface area contributed by atoms with Crippen LogP contribution in [0.5, 0.6) is 0 Å². The van der Waals surface area contributed by atoms with Gasteiger partial charge < -0.3 is 14.4 Å². The highest BCUT2D eigenvalue weighted by molar-refractivity contribution is 7.89. The summed E-state index contributed by atoms with van der Waals surface area (Å²) in [4.78, 5) is 10.9. The molecule has 0 saturated heterocycles. The van der Waals surface area contributed by atoms with Crippen LogP contribution in [-0.4, -0.2) is 58.4 Å². The van der Waals surface area contributed by atoms with E-state index in [4.69, 9.17) is 0 Å². The number of hydrogen-bond acceptors (Lipinski definition) is 4. The van der Waals surface area contributed by atoms with Gasteiger partial charge in [-0.25, -0.2) is 13.1 Å². The van der Waals surface area contributed by atoms with Crippen molar-refractivity contribution in [3.05, 3.63) is 0 Å². The van der Waals surface area contributed by atoms with Gasteiger partial charge in [-0.15, -0.1) is 0 Å². The molecule has 1 atom stereocenters. The molecule has 26 heavy (non-hydrogen) atoms. The number of aliphatic carboxylic acids is 1. The quantitative estimate of drug-likeness (QED) is 0.303. The van der Waals surface area contributed by atoms with Crippen molar-refractivity contribution in [2.24, 2.45) is 0 Å². The molecule has 1 N–H and O–H groups in total. The van der Waals surface area contributed by atoms with Gasteiger partial charge in [-0.2, -0.15) is 0 Å². The lowest BCUT2D eigenvalue weighted by Crippen LogP contribution is -2.51. The van der Waals surface area contributed by atoms with E-state index in [0.717, 1.165) is 19.3 Å². The minimum Gasteiger partial charge on any atom is -0.550 e. The maximum Gasteiger partial charge on any atom is 0.212 e. The SMILES string of the molecule is CCCCCCCCCCCCS(=O)(=O)N[C@@H](CC(=O)[O-])C[N+](C)(C)C. The molecule has 0 aromatic rings. The van der Waals surface area contributed by atoms with Crippen LogP contribution in [0.1, 0.15) is 77.6 Å². The second kappa shape index (κ2) is 13.5. The van der Waals surface area contributed by atoms with Gasteiger partial charge in [0.05, 0.1) is 39.5 Å². The first kappa shape index (κ1) is 25.3. The molecule has 0 fully saturated rings. The highest BCUT2D eigenvalue weighted by Crippen LogP contribution is 2.11. The molecule has 0 unspecified atom stereocenters. The second-order valence-electron chi connectivity index (χ2n) is 8.36. The lowest BCUT2D eigenvalue weighted by atomic mass is 10.1. The van der Waals surface area contributed by atoms with Crippen LogP contribution in [0.3, 0.4) is 0 Å². The maximum absolute atomic E-state index is 12.2. The average Bonchev–Trinajstić information content (AvgIpc) is 2.46. The topological polar surface area (TPSA) is 86.3 Å². The van der Waals surface area contributed by atoms with Gasteiger partial charge in [0.15, 0.2) is 0 Å². The zero-order valence-corrected chi connectivity index (χ0v) is 18.1. The molecular formula is C19H40N2O4S. The first-order valence-electron chi connectivity index (χ1n) is 10.1. The van der Waals surface area contributed by atoms with E-state index in [-0.39, 0.29) is 12.2 Å². The summed E-state index contributed by atoms with van der Waals surface area (Å²) in [5, 5.41) is 10.9. The van der Waals surface area contributed by atoms with Crippen molar-refractivity contribution in [3.63, 3.8) is 0 Å². The molecule has 0 aliphatic heterocycles. The van der Waals surface area contributed by atoms with Crippen molar-refractivity contribution >= 4 is 16.0 Å². The van der Waals surface area contributed by atoms with Crippen molar-refractivity contribution in [1.82, 2.24) is 4.72 Å². The summed E-state index contributed by atoms with van der Waals surface area (Å²) in [6, 6.07) is -0.631. The van der Waals surface area contributed by atoms with Crippen LogP contribution in [0, 0.1) is 0 Å². The molecule has 0 radical (unpaired) electrons. The van der Waals surface area contributed by atoms with Gasteiger partial charge in [-0.1, -0.05) is 64.7 Å². The third kappa shape index (κ3) is 16.8. The Morgan fingerprint density at radius 2 is 1.38 bits per heavy atom. The summed E-state index contributed by atoms with van der Waals surface area (Å²) >= 11 is 0. The molecule has 7 heteroatoms. The zero-order chi connectivity index (χ0) is 20.1. The summed E-state index contributed by atoms with van der Waals surface area (Å²) in [5.74, 6) is -1.17. The Bertz CT molecular complexity index is 472. The van der Waals surface area contributed by atoms with Gasteiger partial charge in [-0.05, 0) is 6.42 Å². The highest BCUT2D eigenvalue weighted by atomic mass is 32.2. The summed E-state index contributed by atoms with van der Waals surface area (Å²) in [7, 11) is 2.25. The van der Waals surface area contributed by atoms with E-state index in [0.29, 0.717) is 17.4 Å². The number of hydrogen-bond donors (Lipinski definition) is 1. The van der Waals surface area contributed by atoms with E-state index >= 15 is 0 Å². The molecule has 0 spiro atoms. The molecule has 0 aliphatic carbocycles. The van der Waals surface area contributed by atoms with Crippen LogP contribution in [0.4, 0.5) is 0 Å². The van der Waals surface area contributed by atoms with Crippen LogP contribution in [0.15, 0.2) is 0 Å². The molecule has 0 amide bonds. The Hall–Kier alpha value is -0.660. The first-order valence-corrected chi connectivity index (χ1v) is 11.7. The molecule has 0 aliphatic rings. The largest absolute Gasteiger partial charge is 0.550 e. The number of carboxylic acids is 1. The Kier molecular flexibility index (Phi) is 13.2. The Morgan fingerprint density at radius 3 is 1.81 bits per heavy atom. The molecule has 0 rings (SSSR count). The van der Waals surface area contributed by atoms with E-state index in [9.17, 15) is 18.3 Å². The number of quaternary nitrogens is 1. The van der Waals surface area contributed by atoms with Crippen LogP contribution in [-0.2, 0) is 14.8 Å². The number of unbranched alkanes of at least 4 members (excludes halogenated alkanes) is 9. The number of carbonyl (C=O) groups excluding carboxylic acids is 1. The highest BCUT2D eigenvalue weighted by Gasteiger charge is 2.23. The van der Waals surface area contributed by atoms with Gasteiger partial charge in [0, 0.05) is 12.4 Å². The standard InChI is InChI=1S/C19H40N2O4S/c1-5-6-7-8-9-10-11-12-13-14-15-26(24,25)20-18(16-19(22)23)17-21(2,3)4/h18,20H,5-17H2,1-4H3/t18-/m0/s1. The summed E-state index contributed by atoms with van der Waals surface area (Å²) in [5.41, 5.74) is 0. The Morgan fingerprint density at radius 1 is 0.923 bits per heavy atom. The molecule has 0 heterocycles. The molecule has 6 nitrogen and oxygen atoms in total. The Balaban J connectivity index is 4.02. The maximum atomic E-state index is 12.2. The van der Waals surface area contributed by atoms with E-state index in [2.05, 4.69) is 11.6 Å².